The van der Waals surface area contributed by atoms with Crippen LogP contribution in [0.5, 0.6) is 0 Å². The van der Waals surface area contributed by atoms with E-state index in [-0.39, 0.29) is 5.91 Å². The number of para-hydroxylation sites is 1. The Morgan fingerprint density at radius 1 is 1.15 bits per heavy atom. The van der Waals surface area contributed by atoms with E-state index in [1.54, 1.807) is 0 Å². The van der Waals surface area contributed by atoms with Crippen LogP contribution in [0.4, 0.5) is 5.69 Å². The van der Waals surface area contributed by atoms with Crippen LogP contribution in [0.3, 0.4) is 0 Å². The van der Waals surface area contributed by atoms with Crippen LogP contribution in [0.1, 0.15) is 38.7 Å². The summed E-state index contributed by atoms with van der Waals surface area (Å²) in [7, 11) is 0. The predicted octanol–water partition coefficient (Wildman–Crippen LogP) is 3.35. The van der Waals surface area contributed by atoms with Gasteiger partial charge in [0.25, 0.3) is 0 Å². The molecule has 1 aromatic rings. The molecule has 0 bridgehead atoms. The molecule has 0 saturated heterocycles. The molecule has 2 N–H and O–H groups in total. The fraction of sp³-hybridized carbons (Fsp3) is 0.588. The number of amides is 1. The number of carbonyl (C=O) groups is 1. The third kappa shape index (κ3) is 4.34. The summed E-state index contributed by atoms with van der Waals surface area (Å²) in [5.74, 6) is 1.57. The van der Waals surface area contributed by atoms with Crippen molar-refractivity contribution in [1.82, 2.24) is 5.32 Å². The Labute approximate surface area is 122 Å². The standard InChI is InChI=1S/C17H26N2O/c1-12-8-13(2)10-15(9-12)18-11-17(20)19-16-7-5-4-6-14(16)3/h4-7,12-13,15,18H,8-11H2,1-3H3,(H,19,20). The van der Waals surface area contributed by atoms with Crippen molar-refractivity contribution in [1.29, 1.82) is 0 Å². The van der Waals surface area contributed by atoms with Crippen molar-refractivity contribution >= 4 is 11.6 Å². The van der Waals surface area contributed by atoms with E-state index < -0.39 is 0 Å². The molecule has 2 unspecified atom stereocenters. The Morgan fingerprint density at radius 3 is 2.45 bits per heavy atom. The minimum Gasteiger partial charge on any atom is -0.325 e. The maximum atomic E-state index is 12.0. The minimum atomic E-state index is 0.0465. The molecule has 1 amide bonds. The van der Waals surface area contributed by atoms with Gasteiger partial charge in [-0.2, -0.15) is 0 Å². The topological polar surface area (TPSA) is 41.1 Å². The first-order chi connectivity index (χ1) is 9.54. The third-order valence-corrected chi connectivity index (χ3v) is 4.15. The summed E-state index contributed by atoms with van der Waals surface area (Å²) in [5, 5.41) is 6.38. The van der Waals surface area contributed by atoms with Crippen LogP contribution in [0.15, 0.2) is 24.3 Å². The number of carbonyl (C=O) groups excluding carboxylic acids is 1. The van der Waals surface area contributed by atoms with Crippen LogP contribution in [-0.2, 0) is 4.79 Å². The number of nitrogens with one attached hydrogen (secondary N) is 2. The van der Waals surface area contributed by atoms with E-state index in [9.17, 15) is 4.79 Å². The van der Waals surface area contributed by atoms with E-state index in [0.29, 0.717) is 12.6 Å². The van der Waals surface area contributed by atoms with Gasteiger partial charge in [0.1, 0.15) is 0 Å². The molecule has 2 atom stereocenters. The molecule has 1 aliphatic carbocycles. The van der Waals surface area contributed by atoms with Crippen LogP contribution in [-0.4, -0.2) is 18.5 Å². The number of hydrogen-bond acceptors (Lipinski definition) is 2. The SMILES string of the molecule is Cc1ccccc1NC(=O)CNC1CC(C)CC(C)C1. The summed E-state index contributed by atoms with van der Waals surface area (Å²) in [6.45, 7) is 7.02. The molecule has 0 heterocycles. The highest BCUT2D eigenvalue weighted by atomic mass is 16.1. The molecule has 3 heteroatoms. The Kier molecular flexibility index (Phi) is 5.18. The molecule has 2 rings (SSSR count). The predicted molar refractivity (Wildman–Crippen MR) is 83.8 cm³/mol. The zero-order valence-corrected chi connectivity index (χ0v) is 12.8. The first kappa shape index (κ1) is 15.0. The van der Waals surface area contributed by atoms with Gasteiger partial charge in [-0.25, -0.2) is 0 Å². The molecule has 0 spiro atoms. The maximum Gasteiger partial charge on any atom is 0.238 e. The van der Waals surface area contributed by atoms with Crippen molar-refractivity contribution in [2.24, 2.45) is 11.8 Å². The fourth-order valence-electron chi connectivity index (χ4n) is 3.26. The first-order valence-corrected chi connectivity index (χ1v) is 7.63. The summed E-state index contributed by atoms with van der Waals surface area (Å²) >= 11 is 0. The largest absolute Gasteiger partial charge is 0.325 e. The van der Waals surface area contributed by atoms with Gasteiger partial charge in [0.05, 0.1) is 6.54 Å². The van der Waals surface area contributed by atoms with E-state index in [4.69, 9.17) is 0 Å². The van der Waals surface area contributed by atoms with Crippen molar-refractivity contribution in [3.63, 3.8) is 0 Å². The first-order valence-electron chi connectivity index (χ1n) is 7.63. The second-order valence-corrected chi connectivity index (χ2v) is 6.36. The summed E-state index contributed by atoms with van der Waals surface area (Å²) in [5.41, 5.74) is 2.01. The number of rotatable bonds is 4. The molecule has 0 radical (unpaired) electrons. The molecule has 1 aliphatic rings. The summed E-state index contributed by atoms with van der Waals surface area (Å²) in [6.07, 6.45) is 3.68. The van der Waals surface area contributed by atoms with Crippen molar-refractivity contribution < 1.29 is 4.79 Å². The minimum absolute atomic E-state index is 0.0465. The van der Waals surface area contributed by atoms with Crippen molar-refractivity contribution in [3.05, 3.63) is 29.8 Å². The maximum absolute atomic E-state index is 12.0. The molecule has 1 saturated carbocycles. The van der Waals surface area contributed by atoms with E-state index >= 15 is 0 Å². The Balaban J connectivity index is 1.79. The molecular formula is C17H26N2O. The lowest BCUT2D eigenvalue weighted by atomic mass is 9.80. The van der Waals surface area contributed by atoms with E-state index in [2.05, 4.69) is 24.5 Å². The van der Waals surface area contributed by atoms with Crippen molar-refractivity contribution in [2.75, 3.05) is 11.9 Å². The molecular weight excluding hydrogens is 248 g/mol. The molecule has 3 nitrogen and oxygen atoms in total. The monoisotopic (exact) mass is 274 g/mol. The van der Waals surface area contributed by atoms with Gasteiger partial charge >= 0.3 is 0 Å². The van der Waals surface area contributed by atoms with Crippen molar-refractivity contribution in [3.8, 4) is 0 Å². The molecule has 20 heavy (non-hydrogen) atoms. The molecule has 0 aromatic heterocycles. The van der Waals surface area contributed by atoms with Crippen LogP contribution in [0.25, 0.3) is 0 Å². The van der Waals surface area contributed by atoms with Crippen LogP contribution >= 0.6 is 0 Å². The van der Waals surface area contributed by atoms with E-state index in [0.717, 1.165) is 23.1 Å². The lowest BCUT2D eigenvalue weighted by molar-refractivity contribution is -0.115. The van der Waals surface area contributed by atoms with Crippen LogP contribution in [0.2, 0.25) is 0 Å². The molecule has 1 fully saturated rings. The molecule has 0 aliphatic heterocycles. The summed E-state index contributed by atoms with van der Waals surface area (Å²) in [4.78, 5) is 12.0. The highest BCUT2D eigenvalue weighted by molar-refractivity contribution is 5.92. The number of anilines is 1. The highest BCUT2D eigenvalue weighted by Gasteiger charge is 2.23. The van der Waals surface area contributed by atoms with Crippen molar-refractivity contribution in [2.45, 2.75) is 46.1 Å². The number of hydrogen-bond donors (Lipinski definition) is 2. The van der Waals surface area contributed by atoms with Gasteiger partial charge < -0.3 is 10.6 Å². The molecule has 1 aromatic carbocycles. The van der Waals surface area contributed by atoms with E-state index in [1.165, 1.54) is 19.3 Å². The quantitative estimate of drug-likeness (QED) is 0.884. The van der Waals surface area contributed by atoms with E-state index in [1.807, 2.05) is 31.2 Å². The van der Waals surface area contributed by atoms with Gasteiger partial charge in [0, 0.05) is 11.7 Å². The van der Waals surface area contributed by atoms with Gasteiger partial charge in [-0.05, 0) is 49.7 Å². The molecule has 110 valence electrons. The second kappa shape index (κ2) is 6.89. The Bertz CT molecular complexity index is 448. The summed E-state index contributed by atoms with van der Waals surface area (Å²) in [6, 6.07) is 8.36. The lowest BCUT2D eigenvalue weighted by Gasteiger charge is -2.32. The highest BCUT2D eigenvalue weighted by Crippen LogP contribution is 2.28. The number of aryl methyl sites for hydroxylation is 1. The summed E-state index contributed by atoms with van der Waals surface area (Å²) < 4.78 is 0. The zero-order chi connectivity index (χ0) is 14.5. The average Bonchev–Trinajstić information content (AvgIpc) is 2.38. The second-order valence-electron chi connectivity index (χ2n) is 6.36. The van der Waals surface area contributed by atoms with Gasteiger partial charge in [0.15, 0.2) is 0 Å². The lowest BCUT2D eigenvalue weighted by Crippen LogP contribution is -2.40. The third-order valence-electron chi connectivity index (χ3n) is 4.15. The Hall–Kier alpha value is -1.35. The van der Waals surface area contributed by atoms with Crippen LogP contribution in [0, 0.1) is 18.8 Å². The smallest absolute Gasteiger partial charge is 0.238 e. The normalized spacial score (nSPS) is 26.2. The van der Waals surface area contributed by atoms with Crippen LogP contribution < -0.4 is 10.6 Å². The fourth-order valence-corrected chi connectivity index (χ4v) is 3.26. The van der Waals surface area contributed by atoms with Gasteiger partial charge in [-0.15, -0.1) is 0 Å². The number of benzene rings is 1. The van der Waals surface area contributed by atoms with Gasteiger partial charge in [-0.1, -0.05) is 32.0 Å². The zero-order valence-electron chi connectivity index (χ0n) is 12.8. The van der Waals surface area contributed by atoms with Gasteiger partial charge in [-0.3, -0.25) is 4.79 Å². The average molecular weight is 274 g/mol. The van der Waals surface area contributed by atoms with Gasteiger partial charge in [0.2, 0.25) is 5.91 Å². The Morgan fingerprint density at radius 2 is 1.80 bits per heavy atom.